The van der Waals surface area contributed by atoms with E-state index in [1.807, 2.05) is 6.33 Å². The molecule has 4 heteroatoms. The zero-order chi connectivity index (χ0) is 14.0. The number of hydrogen-bond donors (Lipinski definition) is 0. The number of aryl methyl sites for hydroxylation is 3. The van der Waals surface area contributed by atoms with Gasteiger partial charge in [-0.05, 0) is 43.5 Å². The SMILES string of the molecule is Cc1cc2ncn(CCCC(=O)N(C)C)c2cc1C. The molecule has 19 heavy (non-hydrogen) atoms. The topological polar surface area (TPSA) is 38.1 Å². The molecule has 1 aromatic carbocycles. The van der Waals surface area contributed by atoms with E-state index in [0.29, 0.717) is 6.42 Å². The van der Waals surface area contributed by atoms with E-state index in [4.69, 9.17) is 0 Å². The lowest BCUT2D eigenvalue weighted by Gasteiger charge is -2.10. The van der Waals surface area contributed by atoms with Gasteiger partial charge in [0.1, 0.15) is 0 Å². The number of rotatable bonds is 4. The third kappa shape index (κ3) is 2.95. The van der Waals surface area contributed by atoms with E-state index in [2.05, 4.69) is 35.5 Å². The Balaban J connectivity index is 2.09. The lowest BCUT2D eigenvalue weighted by atomic mass is 10.1. The molecule has 102 valence electrons. The smallest absolute Gasteiger partial charge is 0.222 e. The fourth-order valence-electron chi connectivity index (χ4n) is 2.12. The van der Waals surface area contributed by atoms with Gasteiger partial charge in [0.2, 0.25) is 5.91 Å². The molecule has 1 heterocycles. The molecule has 0 aliphatic heterocycles. The third-order valence-electron chi connectivity index (χ3n) is 3.52. The van der Waals surface area contributed by atoms with Crippen LogP contribution in [0.25, 0.3) is 11.0 Å². The average molecular weight is 259 g/mol. The van der Waals surface area contributed by atoms with Crippen molar-refractivity contribution in [1.29, 1.82) is 0 Å². The molecule has 0 aliphatic carbocycles. The van der Waals surface area contributed by atoms with Crippen molar-refractivity contribution in [2.75, 3.05) is 14.1 Å². The number of aromatic nitrogens is 2. The molecule has 0 fully saturated rings. The summed E-state index contributed by atoms with van der Waals surface area (Å²) in [5.41, 5.74) is 4.72. The second kappa shape index (κ2) is 5.43. The van der Waals surface area contributed by atoms with Crippen LogP contribution in [0.2, 0.25) is 0 Å². The molecule has 0 saturated heterocycles. The van der Waals surface area contributed by atoms with Gasteiger partial charge in [-0.2, -0.15) is 0 Å². The van der Waals surface area contributed by atoms with Crippen LogP contribution in [-0.2, 0) is 11.3 Å². The molecule has 0 bridgehead atoms. The molecule has 0 spiro atoms. The van der Waals surface area contributed by atoms with Crippen LogP contribution in [0.15, 0.2) is 18.5 Å². The average Bonchev–Trinajstić information content (AvgIpc) is 2.72. The highest BCUT2D eigenvalue weighted by Gasteiger charge is 2.07. The minimum atomic E-state index is 0.177. The van der Waals surface area contributed by atoms with Gasteiger partial charge in [0.15, 0.2) is 0 Å². The summed E-state index contributed by atoms with van der Waals surface area (Å²) in [5, 5.41) is 0. The standard InChI is InChI=1S/C15H21N3O/c1-11-8-13-14(9-12(11)2)18(10-16-13)7-5-6-15(19)17(3)4/h8-10H,5-7H2,1-4H3. The predicted molar refractivity (Wildman–Crippen MR) is 77.1 cm³/mol. The molecule has 2 aromatic rings. The minimum Gasteiger partial charge on any atom is -0.349 e. The van der Waals surface area contributed by atoms with Crippen molar-refractivity contribution in [1.82, 2.24) is 14.5 Å². The Hall–Kier alpha value is -1.84. The molecule has 1 amide bonds. The van der Waals surface area contributed by atoms with Gasteiger partial charge in [-0.25, -0.2) is 4.98 Å². The second-order valence-corrected chi connectivity index (χ2v) is 5.25. The van der Waals surface area contributed by atoms with Crippen molar-refractivity contribution in [2.45, 2.75) is 33.2 Å². The summed E-state index contributed by atoms with van der Waals surface area (Å²) in [7, 11) is 3.59. The molecule has 0 aliphatic rings. The first-order valence-electron chi connectivity index (χ1n) is 6.61. The number of amides is 1. The van der Waals surface area contributed by atoms with Crippen molar-refractivity contribution >= 4 is 16.9 Å². The maximum Gasteiger partial charge on any atom is 0.222 e. The first-order valence-corrected chi connectivity index (χ1v) is 6.61. The van der Waals surface area contributed by atoms with Crippen LogP contribution in [0.3, 0.4) is 0 Å². The number of imidazole rings is 1. The molecule has 0 atom stereocenters. The van der Waals surface area contributed by atoms with Crippen molar-refractivity contribution in [3.05, 3.63) is 29.6 Å². The monoisotopic (exact) mass is 259 g/mol. The highest BCUT2D eigenvalue weighted by Crippen LogP contribution is 2.18. The molecule has 2 rings (SSSR count). The number of benzene rings is 1. The number of carbonyl (C=O) groups is 1. The lowest BCUT2D eigenvalue weighted by molar-refractivity contribution is -0.128. The first kappa shape index (κ1) is 13.6. The fraction of sp³-hybridized carbons (Fsp3) is 0.467. The number of carbonyl (C=O) groups excluding carboxylic acids is 1. The molecule has 0 saturated carbocycles. The van der Waals surface area contributed by atoms with E-state index in [9.17, 15) is 4.79 Å². The quantitative estimate of drug-likeness (QED) is 0.846. The number of hydrogen-bond acceptors (Lipinski definition) is 2. The van der Waals surface area contributed by atoms with Gasteiger partial charge in [-0.3, -0.25) is 4.79 Å². The molecule has 0 N–H and O–H groups in total. The zero-order valence-electron chi connectivity index (χ0n) is 12.1. The van der Waals surface area contributed by atoms with E-state index >= 15 is 0 Å². The summed E-state index contributed by atoms with van der Waals surface area (Å²) in [6.07, 6.45) is 3.29. The van der Waals surface area contributed by atoms with Crippen LogP contribution < -0.4 is 0 Å². The van der Waals surface area contributed by atoms with Crippen LogP contribution >= 0.6 is 0 Å². The van der Waals surface area contributed by atoms with Gasteiger partial charge in [0, 0.05) is 27.1 Å². The van der Waals surface area contributed by atoms with Crippen LogP contribution in [0.1, 0.15) is 24.0 Å². The van der Waals surface area contributed by atoms with Crippen LogP contribution in [-0.4, -0.2) is 34.5 Å². The maximum atomic E-state index is 11.5. The zero-order valence-corrected chi connectivity index (χ0v) is 12.1. The molecule has 0 unspecified atom stereocenters. The summed E-state index contributed by atoms with van der Waals surface area (Å²) < 4.78 is 2.13. The normalized spacial score (nSPS) is 10.9. The molecular formula is C15H21N3O. The molecule has 0 radical (unpaired) electrons. The van der Waals surface area contributed by atoms with Crippen molar-refractivity contribution in [3.8, 4) is 0 Å². The highest BCUT2D eigenvalue weighted by molar-refractivity contribution is 5.77. The fourth-order valence-corrected chi connectivity index (χ4v) is 2.12. The van der Waals surface area contributed by atoms with Crippen LogP contribution in [0.4, 0.5) is 0 Å². The minimum absolute atomic E-state index is 0.177. The second-order valence-electron chi connectivity index (χ2n) is 5.25. The van der Waals surface area contributed by atoms with E-state index in [1.165, 1.54) is 11.1 Å². The summed E-state index contributed by atoms with van der Waals surface area (Å²) in [4.78, 5) is 17.6. The van der Waals surface area contributed by atoms with E-state index < -0.39 is 0 Å². The van der Waals surface area contributed by atoms with Gasteiger partial charge in [0.25, 0.3) is 0 Å². The van der Waals surface area contributed by atoms with Crippen molar-refractivity contribution < 1.29 is 4.79 Å². The Labute approximate surface area is 114 Å². The predicted octanol–water partition coefficient (Wildman–Crippen LogP) is 2.52. The largest absolute Gasteiger partial charge is 0.349 e. The van der Waals surface area contributed by atoms with Crippen molar-refractivity contribution in [3.63, 3.8) is 0 Å². The van der Waals surface area contributed by atoms with Crippen LogP contribution in [0.5, 0.6) is 0 Å². The maximum absolute atomic E-state index is 11.5. The van der Waals surface area contributed by atoms with Gasteiger partial charge in [-0.1, -0.05) is 0 Å². The van der Waals surface area contributed by atoms with Gasteiger partial charge < -0.3 is 9.47 Å². The Morgan fingerprint density at radius 3 is 2.63 bits per heavy atom. The Bertz CT molecular complexity index is 599. The van der Waals surface area contributed by atoms with Gasteiger partial charge in [-0.15, -0.1) is 0 Å². The summed E-state index contributed by atoms with van der Waals surface area (Å²) >= 11 is 0. The number of fused-ring (bicyclic) bond motifs is 1. The molecule has 4 nitrogen and oxygen atoms in total. The van der Waals surface area contributed by atoms with E-state index in [1.54, 1.807) is 19.0 Å². The Morgan fingerprint density at radius 2 is 1.95 bits per heavy atom. The summed E-state index contributed by atoms with van der Waals surface area (Å²) in [5.74, 6) is 0.177. The Kier molecular flexibility index (Phi) is 3.88. The highest BCUT2D eigenvalue weighted by atomic mass is 16.2. The molecule has 1 aromatic heterocycles. The van der Waals surface area contributed by atoms with Crippen molar-refractivity contribution in [2.24, 2.45) is 0 Å². The summed E-state index contributed by atoms with van der Waals surface area (Å²) in [6.45, 7) is 5.05. The van der Waals surface area contributed by atoms with Crippen LogP contribution in [0, 0.1) is 13.8 Å². The third-order valence-corrected chi connectivity index (χ3v) is 3.52. The summed E-state index contributed by atoms with van der Waals surface area (Å²) in [6, 6.07) is 4.29. The number of nitrogens with zero attached hydrogens (tertiary/aromatic N) is 3. The molecular weight excluding hydrogens is 238 g/mol. The van der Waals surface area contributed by atoms with E-state index in [-0.39, 0.29) is 5.91 Å². The van der Waals surface area contributed by atoms with Gasteiger partial charge >= 0.3 is 0 Å². The lowest BCUT2D eigenvalue weighted by Crippen LogP contribution is -2.21. The first-order chi connectivity index (χ1) is 8.99. The Morgan fingerprint density at radius 1 is 1.26 bits per heavy atom. The van der Waals surface area contributed by atoms with Gasteiger partial charge in [0.05, 0.1) is 17.4 Å². The van der Waals surface area contributed by atoms with E-state index in [0.717, 1.165) is 24.0 Å².